The number of hydrogen-bond donors (Lipinski definition) is 2. The maximum Gasteiger partial charge on any atom is 0.254 e. The largest absolute Gasteiger partial charge is 0.361 e. The molecule has 0 radical (unpaired) electrons. The lowest BCUT2D eigenvalue weighted by Gasteiger charge is -2.34. The molecule has 1 unspecified atom stereocenters. The van der Waals surface area contributed by atoms with Crippen molar-refractivity contribution in [2.24, 2.45) is 0 Å². The molecule has 1 aromatic heterocycles. The number of fused-ring (bicyclic) bond motifs is 1. The first-order chi connectivity index (χ1) is 12.1. The fourth-order valence-corrected chi connectivity index (χ4v) is 3.18. The second-order valence-electron chi connectivity index (χ2n) is 6.69. The zero-order valence-corrected chi connectivity index (χ0v) is 14.9. The molecule has 1 aliphatic heterocycles. The van der Waals surface area contributed by atoms with Crippen LogP contribution in [0, 0.1) is 0 Å². The van der Waals surface area contributed by atoms with E-state index >= 15 is 0 Å². The van der Waals surface area contributed by atoms with Gasteiger partial charge >= 0.3 is 0 Å². The Bertz CT molecular complexity index is 747. The van der Waals surface area contributed by atoms with Gasteiger partial charge in [0, 0.05) is 54.9 Å². The maximum absolute atomic E-state index is 12.8. The summed E-state index contributed by atoms with van der Waals surface area (Å²) in [6, 6.07) is 7.90. The van der Waals surface area contributed by atoms with E-state index in [0.29, 0.717) is 19.6 Å². The van der Waals surface area contributed by atoms with Crippen molar-refractivity contribution in [3.05, 3.63) is 36.0 Å². The first kappa shape index (κ1) is 17.5. The molecule has 25 heavy (non-hydrogen) atoms. The Morgan fingerprint density at radius 1 is 1.20 bits per heavy atom. The van der Waals surface area contributed by atoms with E-state index in [1.54, 1.807) is 0 Å². The lowest BCUT2D eigenvalue weighted by molar-refractivity contribution is -0.123. The minimum Gasteiger partial charge on any atom is -0.361 e. The predicted molar refractivity (Wildman–Crippen MR) is 98.5 cm³/mol. The van der Waals surface area contributed by atoms with Gasteiger partial charge in [-0.15, -0.1) is 0 Å². The van der Waals surface area contributed by atoms with E-state index in [2.05, 4.69) is 22.1 Å². The summed E-state index contributed by atoms with van der Waals surface area (Å²) in [5, 5.41) is 3.95. The molecule has 0 bridgehead atoms. The quantitative estimate of drug-likeness (QED) is 0.871. The Hall–Kier alpha value is -2.34. The number of hydrogen-bond acceptors (Lipinski definition) is 3. The summed E-state index contributed by atoms with van der Waals surface area (Å²) < 4.78 is 0. The Kier molecular flexibility index (Phi) is 5.38. The number of nitrogens with one attached hydrogen (secondary N) is 2. The van der Waals surface area contributed by atoms with Crippen molar-refractivity contribution >= 4 is 22.7 Å². The van der Waals surface area contributed by atoms with Gasteiger partial charge in [0.05, 0.1) is 6.54 Å². The molecule has 1 aliphatic rings. The number of carbonyl (C=O) groups excluding carboxylic acids is 2. The molecule has 2 amide bonds. The third-order valence-corrected chi connectivity index (χ3v) is 4.87. The highest BCUT2D eigenvalue weighted by Gasteiger charge is 2.24. The highest BCUT2D eigenvalue weighted by Crippen LogP contribution is 2.19. The highest BCUT2D eigenvalue weighted by atomic mass is 16.2. The van der Waals surface area contributed by atoms with E-state index in [0.717, 1.165) is 36.0 Å². The van der Waals surface area contributed by atoms with Crippen molar-refractivity contribution in [1.82, 2.24) is 20.1 Å². The molecule has 1 atom stereocenters. The second kappa shape index (κ2) is 7.70. The number of H-pyrrole nitrogens is 1. The average Bonchev–Trinajstić information content (AvgIpc) is 3.10. The lowest BCUT2D eigenvalue weighted by Crippen LogP contribution is -2.51. The first-order valence-electron chi connectivity index (χ1n) is 8.95. The van der Waals surface area contributed by atoms with Gasteiger partial charge in [-0.05, 0) is 31.5 Å². The van der Waals surface area contributed by atoms with Crippen LogP contribution in [0.4, 0.5) is 0 Å². The topological polar surface area (TPSA) is 68.4 Å². The number of piperazine rings is 1. The summed E-state index contributed by atoms with van der Waals surface area (Å²) in [5.74, 6) is 0.125. The predicted octanol–water partition coefficient (Wildman–Crippen LogP) is 1.84. The molecule has 1 aromatic carbocycles. The fraction of sp³-hybridized carbons (Fsp3) is 0.474. The number of carbonyl (C=O) groups is 2. The van der Waals surface area contributed by atoms with Crippen LogP contribution >= 0.6 is 0 Å². The minimum absolute atomic E-state index is 0.0613. The molecule has 2 N–H and O–H groups in total. The van der Waals surface area contributed by atoms with Crippen LogP contribution in [0.25, 0.3) is 10.9 Å². The standard InChI is InChI=1S/C19H26N4O2/c1-3-14(2)21-18(24)13-22-9-11-23(12-10-22)19(25)16-5-4-6-17-15(16)7-8-20-17/h4-8,14,20H,3,9-13H2,1-2H3,(H,21,24). The van der Waals surface area contributed by atoms with E-state index in [1.807, 2.05) is 42.3 Å². The Labute approximate surface area is 148 Å². The number of aromatic nitrogens is 1. The summed E-state index contributed by atoms with van der Waals surface area (Å²) in [5.41, 5.74) is 1.72. The molecule has 6 heteroatoms. The zero-order chi connectivity index (χ0) is 17.8. The molecular weight excluding hydrogens is 316 g/mol. The molecule has 0 aliphatic carbocycles. The SMILES string of the molecule is CCC(C)NC(=O)CN1CCN(C(=O)c2cccc3[nH]ccc23)CC1. The van der Waals surface area contributed by atoms with E-state index in [1.165, 1.54) is 0 Å². The van der Waals surface area contributed by atoms with Gasteiger partial charge in [0.1, 0.15) is 0 Å². The fourth-order valence-electron chi connectivity index (χ4n) is 3.18. The minimum atomic E-state index is 0.0613. The van der Waals surface area contributed by atoms with Gasteiger partial charge in [0.15, 0.2) is 0 Å². The van der Waals surface area contributed by atoms with Gasteiger partial charge in [-0.25, -0.2) is 0 Å². The van der Waals surface area contributed by atoms with Crippen molar-refractivity contribution in [3.63, 3.8) is 0 Å². The second-order valence-corrected chi connectivity index (χ2v) is 6.69. The van der Waals surface area contributed by atoms with Crippen molar-refractivity contribution in [2.75, 3.05) is 32.7 Å². The number of rotatable bonds is 5. The average molecular weight is 342 g/mol. The first-order valence-corrected chi connectivity index (χ1v) is 8.95. The van der Waals surface area contributed by atoms with Crippen molar-refractivity contribution in [3.8, 4) is 0 Å². The van der Waals surface area contributed by atoms with E-state index in [9.17, 15) is 9.59 Å². The van der Waals surface area contributed by atoms with Gasteiger partial charge in [-0.3, -0.25) is 14.5 Å². The van der Waals surface area contributed by atoms with E-state index in [4.69, 9.17) is 0 Å². The molecule has 1 fully saturated rings. The third kappa shape index (κ3) is 4.02. The summed E-state index contributed by atoms with van der Waals surface area (Å²) in [7, 11) is 0. The monoisotopic (exact) mass is 342 g/mol. The molecule has 3 rings (SSSR count). The summed E-state index contributed by atoms with van der Waals surface area (Å²) in [6.07, 6.45) is 2.79. The van der Waals surface area contributed by atoms with Gasteiger partial charge < -0.3 is 15.2 Å². The third-order valence-electron chi connectivity index (χ3n) is 4.87. The van der Waals surface area contributed by atoms with Gasteiger partial charge in [0.2, 0.25) is 5.91 Å². The zero-order valence-electron chi connectivity index (χ0n) is 14.9. The summed E-state index contributed by atoms with van der Waals surface area (Å²) in [6.45, 7) is 7.22. The Morgan fingerprint density at radius 3 is 2.68 bits per heavy atom. The van der Waals surface area contributed by atoms with Gasteiger partial charge in [0.25, 0.3) is 5.91 Å². The van der Waals surface area contributed by atoms with Crippen LogP contribution in [0.15, 0.2) is 30.5 Å². The van der Waals surface area contributed by atoms with Crippen LogP contribution in [-0.2, 0) is 4.79 Å². The summed E-state index contributed by atoms with van der Waals surface area (Å²) >= 11 is 0. The van der Waals surface area contributed by atoms with Crippen LogP contribution in [-0.4, -0.2) is 65.4 Å². The Balaban J connectivity index is 1.56. The molecule has 6 nitrogen and oxygen atoms in total. The van der Waals surface area contributed by atoms with Crippen LogP contribution in [0.2, 0.25) is 0 Å². The van der Waals surface area contributed by atoms with E-state index in [-0.39, 0.29) is 17.9 Å². The molecule has 2 heterocycles. The number of nitrogens with zero attached hydrogens (tertiary/aromatic N) is 2. The van der Waals surface area contributed by atoms with Crippen LogP contribution in [0.1, 0.15) is 30.6 Å². The molecule has 0 saturated carbocycles. The molecule has 2 aromatic rings. The highest BCUT2D eigenvalue weighted by molar-refractivity contribution is 6.06. The lowest BCUT2D eigenvalue weighted by atomic mass is 10.1. The van der Waals surface area contributed by atoms with Crippen LogP contribution in [0.5, 0.6) is 0 Å². The Morgan fingerprint density at radius 2 is 1.96 bits per heavy atom. The molecule has 0 spiro atoms. The smallest absolute Gasteiger partial charge is 0.254 e. The van der Waals surface area contributed by atoms with E-state index < -0.39 is 0 Å². The van der Waals surface area contributed by atoms with Crippen molar-refractivity contribution in [1.29, 1.82) is 0 Å². The number of benzene rings is 1. The summed E-state index contributed by atoms with van der Waals surface area (Å²) in [4.78, 5) is 32.0. The van der Waals surface area contributed by atoms with Crippen LogP contribution < -0.4 is 5.32 Å². The van der Waals surface area contributed by atoms with Crippen molar-refractivity contribution in [2.45, 2.75) is 26.3 Å². The van der Waals surface area contributed by atoms with Crippen LogP contribution in [0.3, 0.4) is 0 Å². The number of amides is 2. The van der Waals surface area contributed by atoms with Crippen molar-refractivity contribution < 1.29 is 9.59 Å². The van der Waals surface area contributed by atoms with Gasteiger partial charge in [-0.1, -0.05) is 13.0 Å². The molecular formula is C19H26N4O2. The normalized spacial score (nSPS) is 16.8. The maximum atomic E-state index is 12.8. The molecule has 134 valence electrons. The van der Waals surface area contributed by atoms with Gasteiger partial charge in [-0.2, -0.15) is 0 Å². The molecule has 1 saturated heterocycles. The number of aromatic amines is 1.